The van der Waals surface area contributed by atoms with Gasteiger partial charge >= 0.3 is 5.97 Å². The van der Waals surface area contributed by atoms with Gasteiger partial charge in [-0.2, -0.15) is 5.26 Å². The maximum Gasteiger partial charge on any atom is 0.310 e. The fraction of sp³-hybridized carbons (Fsp3) is 0.750. The van der Waals surface area contributed by atoms with E-state index in [2.05, 4.69) is 4.74 Å². The molecule has 1 aliphatic heterocycles. The number of nitriles is 1. The first-order valence-electron chi connectivity index (χ1n) is 5.77. The van der Waals surface area contributed by atoms with E-state index in [4.69, 9.17) is 5.26 Å². The van der Waals surface area contributed by atoms with E-state index >= 15 is 0 Å². The van der Waals surface area contributed by atoms with E-state index in [0.717, 1.165) is 0 Å². The fourth-order valence-electron chi connectivity index (χ4n) is 2.01. The Labute approximate surface area is 101 Å². The molecular weight excluding hydrogens is 220 g/mol. The van der Waals surface area contributed by atoms with E-state index in [0.29, 0.717) is 19.5 Å². The van der Waals surface area contributed by atoms with Gasteiger partial charge in [-0.25, -0.2) is 0 Å². The van der Waals surface area contributed by atoms with E-state index < -0.39 is 5.92 Å². The molecule has 0 aliphatic carbocycles. The minimum Gasteiger partial charge on any atom is -0.469 e. The number of methoxy groups -OCH3 is 1. The lowest BCUT2D eigenvalue weighted by atomic mass is 9.96. The molecule has 0 spiro atoms. The number of nitrogens with zero attached hydrogens (tertiary/aromatic N) is 2. The van der Waals surface area contributed by atoms with Crippen LogP contribution in [0.15, 0.2) is 0 Å². The van der Waals surface area contributed by atoms with E-state index in [9.17, 15) is 9.59 Å². The van der Waals surface area contributed by atoms with E-state index in [-0.39, 0.29) is 23.7 Å². The van der Waals surface area contributed by atoms with Crippen LogP contribution in [0.2, 0.25) is 0 Å². The van der Waals surface area contributed by atoms with E-state index in [1.54, 1.807) is 4.90 Å². The summed E-state index contributed by atoms with van der Waals surface area (Å²) < 4.78 is 4.65. The van der Waals surface area contributed by atoms with Crippen molar-refractivity contribution in [2.24, 2.45) is 17.8 Å². The molecule has 1 heterocycles. The summed E-state index contributed by atoms with van der Waals surface area (Å²) in [7, 11) is 1.35. The van der Waals surface area contributed by atoms with Crippen LogP contribution in [-0.2, 0) is 14.3 Å². The lowest BCUT2D eigenvalue weighted by molar-refractivity contribution is -0.145. The summed E-state index contributed by atoms with van der Waals surface area (Å²) >= 11 is 0. The van der Waals surface area contributed by atoms with Crippen LogP contribution in [0.25, 0.3) is 0 Å². The van der Waals surface area contributed by atoms with Crippen LogP contribution >= 0.6 is 0 Å². The van der Waals surface area contributed by atoms with Crippen LogP contribution in [0.4, 0.5) is 0 Å². The Kier molecular flexibility index (Phi) is 4.50. The molecular formula is C12H18N2O3. The standard InChI is InChI=1S/C12H18N2O3/c1-8(2)10(6-13)11(15)14-5-4-9(7-14)12(16)17-3/h8-10H,4-5,7H2,1-3H3. The Balaban J connectivity index is 2.62. The highest BCUT2D eigenvalue weighted by Gasteiger charge is 2.35. The third kappa shape index (κ3) is 2.96. The van der Waals surface area contributed by atoms with Crippen molar-refractivity contribution in [2.75, 3.05) is 20.2 Å². The van der Waals surface area contributed by atoms with Gasteiger partial charge in [0.1, 0.15) is 5.92 Å². The van der Waals surface area contributed by atoms with Gasteiger partial charge in [-0.1, -0.05) is 13.8 Å². The topological polar surface area (TPSA) is 70.4 Å². The lowest BCUT2D eigenvalue weighted by Gasteiger charge is -2.21. The van der Waals surface area contributed by atoms with Crippen molar-refractivity contribution in [2.45, 2.75) is 20.3 Å². The molecule has 0 N–H and O–H groups in total. The third-order valence-corrected chi connectivity index (χ3v) is 3.11. The minimum atomic E-state index is -0.619. The van der Waals surface area contributed by atoms with Crippen molar-refractivity contribution in [3.05, 3.63) is 0 Å². The maximum absolute atomic E-state index is 12.0. The van der Waals surface area contributed by atoms with Crippen LogP contribution in [0.3, 0.4) is 0 Å². The van der Waals surface area contributed by atoms with Crippen molar-refractivity contribution in [3.8, 4) is 6.07 Å². The molecule has 1 rings (SSSR count). The number of hydrogen-bond acceptors (Lipinski definition) is 4. The van der Waals surface area contributed by atoms with Crippen molar-refractivity contribution >= 4 is 11.9 Å². The van der Waals surface area contributed by atoms with E-state index in [1.165, 1.54) is 7.11 Å². The SMILES string of the molecule is COC(=O)C1CCN(C(=O)C(C#N)C(C)C)C1. The molecule has 0 aromatic carbocycles. The molecule has 5 nitrogen and oxygen atoms in total. The van der Waals surface area contributed by atoms with Crippen LogP contribution in [-0.4, -0.2) is 37.0 Å². The van der Waals surface area contributed by atoms with Gasteiger partial charge in [0.25, 0.3) is 0 Å². The highest BCUT2D eigenvalue weighted by molar-refractivity contribution is 5.83. The number of likely N-dealkylation sites (tertiary alicyclic amines) is 1. The molecule has 0 radical (unpaired) electrons. The molecule has 1 fully saturated rings. The van der Waals surface area contributed by atoms with Crippen LogP contribution in [0.5, 0.6) is 0 Å². The predicted octanol–water partition coefficient (Wildman–Crippen LogP) is 0.804. The molecule has 17 heavy (non-hydrogen) atoms. The minimum absolute atomic E-state index is 0.00956. The Hall–Kier alpha value is -1.57. The molecule has 0 saturated carbocycles. The van der Waals surface area contributed by atoms with Gasteiger partial charge < -0.3 is 9.64 Å². The molecule has 94 valence electrons. The summed E-state index contributed by atoms with van der Waals surface area (Å²) in [5, 5.41) is 8.96. The number of carbonyl (C=O) groups excluding carboxylic acids is 2. The highest BCUT2D eigenvalue weighted by Crippen LogP contribution is 2.22. The molecule has 1 saturated heterocycles. The fourth-order valence-corrected chi connectivity index (χ4v) is 2.01. The summed E-state index contributed by atoms with van der Waals surface area (Å²) in [6.45, 7) is 4.60. The first kappa shape index (κ1) is 13.5. The zero-order valence-corrected chi connectivity index (χ0v) is 10.5. The van der Waals surface area contributed by atoms with Crippen LogP contribution in [0, 0.1) is 29.1 Å². The summed E-state index contributed by atoms with van der Waals surface area (Å²) in [6.07, 6.45) is 0.620. The van der Waals surface area contributed by atoms with Gasteiger partial charge in [-0.15, -0.1) is 0 Å². The number of hydrogen-bond donors (Lipinski definition) is 0. The summed E-state index contributed by atoms with van der Waals surface area (Å²) in [6, 6.07) is 2.03. The van der Waals surface area contributed by atoms with Crippen molar-refractivity contribution in [1.29, 1.82) is 5.26 Å². The average molecular weight is 238 g/mol. The molecule has 0 aromatic rings. The Morgan fingerprint density at radius 1 is 1.47 bits per heavy atom. The summed E-state index contributed by atoms with van der Waals surface area (Å²) in [5.74, 6) is -1.32. The molecule has 1 amide bonds. The van der Waals surface area contributed by atoms with Gasteiger partial charge in [-0.3, -0.25) is 9.59 Å². The van der Waals surface area contributed by atoms with Crippen LogP contribution < -0.4 is 0 Å². The van der Waals surface area contributed by atoms with Crippen LogP contribution in [0.1, 0.15) is 20.3 Å². The average Bonchev–Trinajstić information content (AvgIpc) is 2.77. The Morgan fingerprint density at radius 2 is 2.12 bits per heavy atom. The number of esters is 1. The first-order valence-corrected chi connectivity index (χ1v) is 5.77. The normalized spacial score (nSPS) is 21.1. The zero-order valence-electron chi connectivity index (χ0n) is 10.5. The number of ether oxygens (including phenoxy) is 1. The number of carbonyl (C=O) groups is 2. The zero-order chi connectivity index (χ0) is 13.0. The predicted molar refractivity (Wildman–Crippen MR) is 60.6 cm³/mol. The monoisotopic (exact) mass is 238 g/mol. The lowest BCUT2D eigenvalue weighted by Crippen LogP contribution is -2.36. The molecule has 2 unspecified atom stereocenters. The third-order valence-electron chi connectivity index (χ3n) is 3.11. The second kappa shape index (κ2) is 5.67. The van der Waals surface area contributed by atoms with Gasteiger partial charge in [0, 0.05) is 13.1 Å². The number of rotatable bonds is 3. The van der Waals surface area contributed by atoms with Gasteiger partial charge in [0.05, 0.1) is 19.1 Å². The van der Waals surface area contributed by atoms with Gasteiger partial charge in [-0.05, 0) is 12.3 Å². The Bertz CT molecular complexity index is 346. The van der Waals surface area contributed by atoms with Gasteiger partial charge in [0.15, 0.2) is 0 Å². The van der Waals surface area contributed by atoms with Gasteiger partial charge in [0.2, 0.25) is 5.91 Å². The smallest absolute Gasteiger partial charge is 0.310 e. The molecule has 0 bridgehead atoms. The highest BCUT2D eigenvalue weighted by atomic mass is 16.5. The molecule has 1 aliphatic rings. The van der Waals surface area contributed by atoms with Crippen molar-refractivity contribution in [1.82, 2.24) is 4.90 Å². The summed E-state index contributed by atoms with van der Waals surface area (Å²) in [4.78, 5) is 24.9. The van der Waals surface area contributed by atoms with E-state index in [1.807, 2.05) is 19.9 Å². The molecule has 2 atom stereocenters. The largest absolute Gasteiger partial charge is 0.469 e. The number of amides is 1. The molecule has 5 heteroatoms. The maximum atomic E-state index is 12.0. The second-order valence-electron chi connectivity index (χ2n) is 4.64. The van der Waals surface area contributed by atoms with Crippen molar-refractivity contribution < 1.29 is 14.3 Å². The Morgan fingerprint density at radius 3 is 2.59 bits per heavy atom. The molecule has 0 aromatic heterocycles. The second-order valence-corrected chi connectivity index (χ2v) is 4.64. The quantitative estimate of drug-likeness (QED) is 0.682. The van der Waals surface area contributed by atoms with Crippen molar-refractivity contribution in [3.63, 3.8) is 0 Å². The summed E-state index contributed by atoms with van der Waals surface area (Å²) in [5.41, 5.74) is 0. The first-order chi connectivity index (χ1) is 8.01.